The van der Waals surface area contributed by atoms with Gasteiger partial charge in [0.1, 0.15) is 36.5 Å². The minimum Gasteiger partial charge on any atom is -0.490 e. The number of nitriles is 1. The summed E-state index contributed by atoms with van der Waals surface area (Å²) in [6.07, 6.45) is 6.64. The van der Waals surface area contributed by atoms with E-state index >= 15 is 0 Å². The van der Waals surface area contributed by atoms with Crippen molar-refractivity contribution in [3.63, 3.8) is 0 Å². The molecule has 0 N–H and O–H groups in total. The maximum Gasteiger partial charge on any atom is 0.240 e. The van der Waals surface area contributed by atoms with Crippen LogP contribution in [0.1, 0.15) is 5.69 Å². The Bertz CT molecular complexity index is 740. The number of isocyanates is 1. The fraction of sp³-hybridized carbons (Fsp3) is 0.118. The molecule has 1 heterocycles. The molecule has 2 rings (SSSR count). The fourth-order valence-corrected chi connectivity index (χ4v) is 1.63. The molecule has 23 heavy (non-hydrogen) atoms. The third-order valence-electron chi connectivity index (χ3n) is 2.72. The molecule has 1 aromatic carbocycles. The van der Waals surface area contributed by atoms with Crippen molar-refractivity contribution < 1.29 is 14.3 Å². The molecule has 0 spiro atoms. The van der Waals surface area contributed by atoms with Crippen LogP contribution >= 0.6 is 0 Å². The van der Waals surface area contributed by atoms with Crippen molar-refractivity contribution in [3.8, 4) is 17.6 Å². The Kier molecular flexibility index (Phi) is 6.09. The number of aromatic nitrogens is 1. The Morgan fingerprint density at radius 1 is 1.04 bits per heavy atom. The number of hydrogen-bond donors (Lipinski definition) is 0. The number of pyridine rings is 1. The van der Waals surface area contributed by atoms with Crippen LogP contribution in [0.2, 0.25) is 0 Å². The number of carbonyl (C=O) groups excluding carboxylic acids is 1. The monoisotopic (exact) mass is 307 g/mol. The van der Waals surface area contributed by atoms with Crippen LogP contribution in [0.3, 0.4) is 0 Å². The van der Waals surface area contributed by atoms with Gasteiger partial charge in [-0.15, -0.1) is 0 Å². The molecule has 114 valence electrons. The van der Waals surface area contributed by atoms with Gasteiger partial charge in [-0.05, 0) is 48.6 Å². The molecule has 0 saturated carbocycles. The molecular weight excluding hydrogens is 294 g/mol. The molecule has 0 bridgehead atoms. The van der Waals surface area contributed by atoms with Crippen LogP contribution in [0.25, 0.3) is 0 Å². The fourth-order valence-electron chi connectivity index (χ4n) is 1.63. The smallest absolute Gasteiger partial charge is 0.240 e. The number of hydrogen-bond acceptors (Lipinski definition) is 6. The van der Waals surface area contributed by atoms with Crippen molar-refractivity contribution in [2.75, 3.05) is 13.2 Å². The predicted molar refractivity (Wildman–Crippen MR) is 83.3 cm³/mol. The highest BCUT2D eigenvalue weighted by molar-refractivity contribution is 5.50. The zero-order chi connectivity index (χ0) is 16.3. The Balaban J connectivity index is 1.70. The van der Waals surface area contributed by atoms with Crippen molar-refractivity contribution in [2.45, 2.75) is 0 Å². The summed E-state index contributed by atoms with van der Waals surface area (Å²) < 4.78 is 10.9. The summed E-state index contributed by atoms with van der Waals surface area (Å²) in [5.74, 6) is 1.28. The minimum atomic E-state index is 0.353. The Labute approximate surface area is 133 Å². The van der Waals surface area contributed by atoms with Crippen molar-refractivity contribution in [3.05, 3.63) is 60.4 Å². The number of aliphatic imine (C=N–C) groups is 1. The normalized spacial score (nSPS) is 9.87. The lowest BCUT2D eigenvalue weighted by molar-refractivity contribution is 0.349. The molecular formula is C17H13N3O3. The van der Waals surface area contributed by atoms with Gasteiger partial charge in [0.25, 0.3) is 0 Å². The lowest BCUT2D eigenvalue weighted by Crippen LogP contribution is -1.97. The molecule has 0 unspecified atom stereocenters. The van der Waals surface area contributed by atoms with E-state index < -0.39 is 0 Å². The van der Waals surface area contributed by atoms with Crippen LogP contribution in [0.5, 0.6) is 11.5 Å². The molecule has 0 aliphatic rings. The first-order valence-electron chi connectivity index (χ1n) is 6.76. The van der Waals surface area contributed by atoms with E-state index in [1.165, 1.54) is 12.3 Å². The van der Waals surface area contributed by atoms with Gasteiger partial charge in [-0.1, -0.05) is 0 Å². The standard InChI is InChI=1S/C17H13N3O3/c18-11-15-5-8-17(12-19-15)23-10-2-1-9-22-16-6-3-14(4-7-16)20-13-21/h1-8,12H,9-10H2/b2-1+. The highest BCUT2D eigenvalue weighted by Crippen LogP contribution is 2.17. The number of ether oxygens (including phenoxy) is 2. The Hall–Kier alpha value is -3.42. The van der Waals surface area contributed by atoms with Gasteiger partial charge in [0, 0.05) is 0 Å². The second-order valence-electron chi connectivity index (χ2n) is 4.28. The maximum atomic E-state index is 10.1. The molecule has 6 heteroatoms. The first-order valence-corrected chi connectivity index (χ1v) is 6.76. The van der Waals surface area contributed by atoms with E-state index in [2.05, 4.69) is 9.98 Å². The predicted octanol–water partition coefficient (Wildman–Crippen LogP) is 2.93. The summed E-state index contributed by atoms with van der Waals surface area (Å²) in [5.41, 5.74) is 0.887. The zero-order valence-corrected chi connectivity index (χ0v) is 12.2. The van der Waals surface area contributed by atoms with Crippen LogP contribution in [-0.2, 0) is 4.79 Å². The van der Waals surface area contributed by atoms with Crippen LogP contribution in [0.15, 0.2) is 59.7 Å². The van der Waals surface area contributed by atoms with E-state index in [-0.39, 0.29) is 0 Å². The van der Waals surface area contributed by atoms with Gasteiger partial charge in [-0.3, -0.25) is 0 Å². The maximum absolute atomic E-state index is 10.1. The topological polar surface area (TPSA) is 84.6 Å². The second-order valence-corrected chi connectivity index (χ2v) is 4.28. The van der Waals surface area contributed by atoms with Gasteiger partial charge < -0.3 is 9.47 Å². The Morgan fingerprint density at radius 3 is 2.26 bits per heavy atom. The van der Waals surface area contributed by atoms with Gasteiger partial charge in [-0.25, -0.2) is 9.78 Å². The van der Waals surface area contributed by atoms with E-state index in [0.717, 1.165) is 0 Å². The number of benzene rings is 1. The van der Waals surface area contributed by atoms with Crippen LogP contribution in [-0.4, -0.2) is 24.3 Å². The number of rotatable bonds is 7. The molecule has 0 fully saturated rings. The molecule has 0 amide bonds. The lowest BCUT2D eigenvalue weighted by Gasteiger charge is -2.03. The third-order valence-corrected chi connectivity index (χ3v) is 2.72. The zero-order valence-electron chi connectivity index (χ0n) is 12.2. The van der Waals surface area contributed by atoms with Gasteiger partial charge in [0.2, 0.25) is 6.08 Å². The first kappa shape index (κ1) is 16.0. The van der Waals surface area contributed by atoms with Crippen molar-refractivity contribution >= 4 is 11.8 Å². The highest BCUT2D eigenvalue weighted by atomic mass is 16.5. The summed E-state index contributed by atoms with van der Waals surface area (Å²) in [7, 11) is 0. The van der Waals surface area contributed by atoms with E-state index in [1.807, 2.05) is 18.2 Å². The summed E-state index contributed by atoms with van der Waals surface area (Å²) >= 11 is 0. The van der Waals surface area contributed by atoms with Crippen LogP contribution in [0.4, 0.5) is 5.69 Å². The van der Waals surface area contributed by atoms with E-state index in [0.29, 0.717) is 36.1 Å². The minimum absolute atomic E-state index is 0.353. The highest BCUT2D eigenvalue weighted by Gasteiger charge is 1.95. The molecule has 0 radical (unpaired) electrons. The average Bonchev–Trinajstić information content (AvgIpc) is 2.60. The van der Waals surface area contributed by atoms with E-state index in [4.69, 9.17) is 14.7 Å². The van der Waals surface area contributed by atoms with Crippen molar-refractivity contribution in [2.24, 2.45) is 4.99 Å². The first-order chi connectivity index (χ1) is 11.3. The quantitative estimate of drug-likeness (QED) is 0.446. The summed E-state index contributed by atoms with van der Waals surface area (Å²) in [5, 5.41) is 8.64. The van der Waals surface area contributed by atoms with Gasteiger partial charge >= 0.3 is 0 Å². The SMILES string of the molecule is N#Cc1ccc(OC/C=C/COc2ccc(N=C=O)cc2)cn1. The molecule has 1 aromatic heterocycles. The Morgan fingerprint density at radius 2 is 1.70 bits per heavy atom. The molecule has 6 nitrogen and oxygen atoms in total. The van der Waals surface area contributed by atoms with Crippen molar-refractivity contribution in [1.29, 1.82) is 5.26 Å². The van der Waals surface area contributed by atoms with Crippen molar-refractivity contribution in [1.82, 2.24) is 4.98 Å². The molecule has 0 aliphatic heterocycles. The third kappa shape index (κ3) is 5.46. The summed E-state index contributed by atoms with van der Waals surface area (Å²) in [6.45, 7) is 0.773. The second kappa shape index (κ2) is 8.78. The molecule has 0 saturated heterocycles. The number of nitrogens with zero attached hydrogens (tertiary/aromatic N) is 3. The molecule has 2 aromatic rings. The van der Waals surface area contributed by atoms with E-state index in [9.17, 15) is 4.79 Å². The van der Waals surface area contributed by atoms with Crippen LogP contribution in [0, 0.1) is 11.3 Å². The van der Waals surface area contributed by atoms with E-state index in [1.54, 1.807) is 36.4 Å². The lowest BCUT2D eigenvalue weighted by atomic mass is 10.3. The average molecular weight is 307 g/mol. The van der Waals surface area contributed by atoms with Crippen LogP contribution < -0.4 is 9.47 Å². The summed E-state index contributed by atoms with van der Waals surface area (Å²) in [6, 6.07) is 12.0. The van der Waals surface area contributed by atoms with Gasteiger partial charge in [0.05, 0.1) is 11.9 Å². The van der Waals surface area contributed by atoms with Gasteiger partial charge in [0.15, 0.2) is 0 Å². The summed E-state index contributed by atoms with van der Waals surface area (Å²) in [4.78, 5) is 17.5. The largest absolute Gasteiger partial charge is 0.490 e. The molecule has 0 aliphatic carbocycles. The molecule has 0 atom stereocenters. The van der Waals surface area contributed by atoms with Gasteiger partial charge in [-0.2, -0.15) is 10.3 Å².